The van der Waals surface area contributed by atoms with Crippen molar-refractivity contribution >= 4 is 11.7 Å². The minimum Gasteiger partial charge on any atom is -0.493 e. The maximum Gasteiger partial charge on any atom is 0.337 e. The molecular formula is C24H21FN2O3. The van der Waals surface area contributed by atoms with Crippen molar-refractivity contribution in [3.63, 3.8) is 0 Å². The number of nitrogens with zero attached hydrogens (tertiary/aromatic N) is 1. The van der Waals surface area contributed by atoms with E-state index in [1.165, 1.54) is 24.5 Å². The van der Waals surface area contributed by atoms with Crippen LogP contribution in [0.25, 0.3) is 11.1 Å². The van der Waals surface area contributed by atoms with Crippen LogP contribution in [0.15, 0.2) is 67.1 Å². The number of nitrogens with one attached hydrogen (secondary N) is 1. The van der Waals surface area contributed by atoms with Gasteiger partial charge in [-0.2, -0.15) is 0 Å². The summed E-state index contributed by atoms with van der Waals surface area (Å²) >= 11 is 0. The van der Waals surface area contributed by atoms with E-state index in [1.807, 2.05) is 30.3 Å². The van der Waals surface area contributed by atoms with Crippen LogP contribution in [0.4, 0.5) is 10.1 Å². The first-order valence-electron chi connectivity index (χ1n) is 9.67. The van der Waals surface area contributed by atoms with Gasteiger partial charge in [0.15, 0.2) is 0 Å². The Morgan fingerprint density at radius 3 is 3.00 bits per heavy atom. The van der Waals surface area contributed by atoms with Crippen molar-refractivity contribution in [1.82, 2.24) is 4.98 Å². The van der Waals surface area contributed by atoms with Crippen molar-refractivity contribution in [3.05, 3.63) is 89.6 Å². The number of carboxylic acids is 1. The number of allylic oxidation sites excluding steroid dienone is 1. The number of ether oxygens (including phenoxy) is 1. The van der Waals surface area contributed by atoms with Gasteiger partial charge in [-0.25, -0.2) is 9.18 Å². The first kappa shape index (κ1) is 19.6. The molecule has 1 aromatic heterocycles. The molecule has 1 unspecified atom stereocenters. The van der Waals surface area contributed by atoms with Gasteiger partial charge in [-0.05, 0) is 54.4 Å². The molecule has 30 heavy (non-hydrogen) atoms. The number of benzene rings is 2. The molecule has 0 aliphatic carbocycles. The van der Waals surface area contributed by atoms with Crippen LogP contribution >= 0.6 is 0 Å². The van der Waals surface area contributed by atoms with Crippen molar-refractivity contribution in [2.75, 3.05) is 11.9 Å². The first-order valence-corrected chi connectivity index (χ1v) is 9.67. The molecule has 6 heteroatoms. The lowest BCUT2D eigenvalue weighted by Gasteiger charge is -2.24. The second-order valence-corrected chi connectivity index (χ2v) is 7.14. The second kappa shape index (κ2) is 8.37. The van der Waals surface area contributed by atoms with E-state index >= 15 is 0 Å². The Labute approximate surface area is 173 Å². The Morgan fingerprint density at radius 1 is 1.30 bits per heavy atom. The van der Waals surface area contributed by atoms with Gasteiger partial charge in [0, 0.05) is 17.7 Å². The van der Waals surface area contributed by atoms with Gasteiger partial charge in [-0.15, -0.1) is 0 Å². The fourth-order valence-corrected chi connectivity index (χ4v) is 3.65. The molecule has 1 atom stereocenters. The summed E-state index contributed by atoms with van der Waals surface area (Å²) in [5.41, 5.74) is 4.01. The van der Waals surface area contributed by atoms with E-state index in [4.69, 9.17) is 4.74 Å². The smallest absolute Gasteiger partial charge is 0.337 e. The Morgan fingerprint density at radius 2 is 2.17 bits per heavy atom. The van der Waals surface area contributed by atoms with E-state index in [0.717, 1.165) is 28.9 Å². The van der Waals surface area contributed by atoms with Crippen LogP contribution in [0.3, 0.4) is 0 Å². The Bertz CT molecular complexity index is 1130. The molecular weight excluding hydrogens is 383 g/mol. The van der Waals surface area contributed by atoms with E-state index < -0.39 is 5.97 Å². The third-order valence-electron chi connectivity index (χ3n) is 5.30. The minimum atomic E-state index is -1.01. The van der Waals surface area contributed by atoms with Gasteiger partial charge in [0.1, 0.15) is 11.6 Å². The highest BCUT2D eigenvalue weighted by Gasteiger charge is 2.20. The molecule has 0 bridgehead atoms. The molecule has 0 saturated carbocycles. The summed E-state index contributed by atoms with van der Waals surface area (Å²) < 4.78 is 19.8. The number of fused-ring (bicyclic) bond motifs is 1. The van der Waals surface area contributed by atoms with Crippen LogP contribution in [0.2, 0.25) is 0 Å². The number of carboxylic acid groups (broad SMARTS) is 1. The number of hydrogen-bond acceptors (Lipinski definition) is 4. The molecule has 2 N–H and O–H groups in total. The number of rotatable bonds is 5. The average Bonchev–Trinajstić information content (AvgIpc) is 2.75. The molecule has 5 nitrogen and oxygen atoms in total. The maximum atomic E-state index is 13.9. The Balaban J connectivity index is 1.57. The lowest BCUT2D eigenvalue weighted by atomic mass is 9.90. The van der Waals surface area contributed by atoms with E-state index in [1.54, 1.807) is 19.2 Å². The maximum absolute atomic E-state index is 13.9. The van der Waals surface area contributed by atoms with Crippen molar-refractivity contribution in [3.8, 4) is 16.9 Å². The normalized spacial score (nSPS) is 15.5. The second-order valence-electron chi connectivity index (χ2n) is 7.14. The highest BCUT2D eigenvalue weighted by Crippen LogP contribution is 2.38. The summed E-state index contributed by atoms with van der Waals surface area (Å²) in [5, 5.41) is 12.3. The summed E-state index contributed by atoms with van der Waals surface area (Å²) in [6.07, 6.45) is 7.48. The monoisotopic (exact) mass is 404 g/mol. The molecule has 2 heterocycles. The van der Waals surface area contributed by atoms with Crippen molar-refractivity contribution in [2.45, 2.75) is 19.3 Å². The summed E-state index contributed by atoms with van der Waals surface area (Å²) in [6, 6.07) is 12.5. The Kier molecular flexibility index (Phi) is 5.48. The highest BCUT2D eigenvalue weighted by atomic mass is 19.1. The molecule has 0 spiro atoms. The predicted molar refractivity (Wildman–Crippen MR) is 113 cm³/mol. The van der Waals surface area contributed by atoms with E-state index in [0.29, 0.717) is 17.9 Å². The minimum absolute atomic E-state index is 0.119. The van der Waals surface area contributed by atoms with E-state index in [9.17, 15) is 14.3 Å². The molecule has 0 fully saturated rings. The number of halogens is 1. The molecule has 0 radical (unpaired) electrons. The summed E-state index contributed by atoms with van der Waals surface area (Å²) in [7, 11) is 0. The molecule has 2 aromatic carbocycles. The van der Waals surface area contributed by atoms with Gasteiger partial charge in [-0.3, -0.25) is 4.98 Å². The van der Waals surface area contributed by atoms with E-state index in [2.05, 4.69) is 10.3 Å². The lowest BCUT2D eigenvalue weighted by Crippen LogP contribution is -2.13. The molecule has 4 rings (SSSR count). The zero-order chi connectivity index (χ0) is 21.1. The molecule has 0 saturated heterocycles. The lowest BCUT2D eigenvalue weighted by molar-refractivity contribution is 0.0698. The number of carbonyl (C=O) groups is 1. The third kappa shape index (κ3) is 3.89. The van der Waals surface area contributed by atoms with Crippen LogP contribution in [0.1, 0.15) is 33.8 Å². The van der Waals surface area contributed by atoms with E-state index in [-0.39, 0.29) is 17.3 Å². The van der Waals surface area contributed by atoms with Gasteiger partial charge in [0.2, 0.25) is 0 Å². The SMILES string of the molecule is Cc1c(F)cccc1-c1ccc2c(c1)OCCC2/C=C/Nc1cnccc1C(=O)O. The molecule has 1 aliphatic heterocycles. The first-order chi connectivity index (χ1) is 14.5. The number of aromatic carboxylic acids is 1. The summed E-state index contributed by atoms with van der Waals surface area (Å²) in [6.45, 7) is 2.34. The van der Waals surface area contributed by atoms with Crippen LogP contribution in [-0.2, 0) is 0 Å². The molecule has 152 valence electrons. The van der Waals surface area contributed by atoms with Gasteiger partial charge in [-0.1, -0.05) is 30.3 Å². The van der Waals surface area contributed by atoms with Crippen LogP contribution in [0, 0.1) is 12.7 Å². The topological polar surface area (TPSA) is 71.5 Å². The molecule has 1 aliphatic rings. The largest absolute Gasteiger partial charge is 0.493 e. The number of hydrogen-bond donors (Lipinski definition) is 2. The molecule has 0 amide bonds. The van der Waals surface area contributed by atoms with Gasteiger partial charge in [0.25, 0.3) is 0 Å². The quantitative estimate of drug-likeness (QED) is 0.597. The fourth-order valence-electron chi connectivity index (χ4n) is 3.65. The zero-order valence-electron chi connectivity index (χ0n) is 16.4. The fraction of sp³-hybridized carbons (Fsp3) is 0.167. The summed E-state index contributed by atoms with van der Waals surface area (Å²) in [5.74, 6) is -0.336. The average molecular weight is 404 g/mol. The number of aromatic nitrogens is 1. The van der Waals surface area contributed by atoms with Crippen molar-refractivity contribution in [2.24, 2.45) is 0 Å². The summed E-state index contributed by atoms with van der Waals surface area (Å²) in [4.78, 5) is 15.3. The third-order valence-corrected chi connectivity index (χ3v) is 5.30. The highest BCUT2D eigenvalue weighted by molar-refractivity contribution is 5.94. The standard InChI is InChI=1S/C24H21FN2O3/c1-15-18(3-2-4-21(15)25)17-5-6-19-16(9-12-30-23(19)13-17)7-11-27-22-14-26-10-8-20(22)24(28)29/h2-8,10-11,13-14,16,27H,9,12H2,1H3,(H,28,29)/b11-7+. The molecule has 3 aromatic rings. The zero-order valence-corrected chi connectivity index (χ0v) is 16.4. The van der Waals surface area contributed by atoms with Crippen molar-refractivity contribution in [1.29, 1.82) is 0 Å². The van der Waals surface area contributed by atoms with Gasteiger partial charge in [0.05, 0.1) is 24.1 Å². The predicted octanol–water partition coefficient (Wildman–Crippen LogP) is 5.39. The number of pyridine rings is 1. The van der Waals surface area contributed by atoms with Crippen LogP contribution in [-0.4, -0.2) is 22.7 Å². The number of anilines is 1. The van der Waals surface area contributed by atoms with Gasteiger partial charge >= 0.3 is 5.97 Å². The van der Waals surface area contributed by atoms with Gasteiger partial charge < -0.3 is 15.2 Å². The van der Waals surface area contributed by atoms with Crippen LogP contribution in [0.5, 0.6) is 5.75 Å². The van der Waals surface area contributed by atoms with Crippen LogP contribution < -0.4 is 10.1 Å². The van der Waals surface area contributed by atoms with Crippen molar-refractivity contribution < 1.29 is 19.0 Å². The Hall–Kier alpha value is -3.67.